The van der Waals surface area contributed by atoms with Crippen LogP contribution in [0.25, 0.3) is 0 Å². The van der Waals surface area contributed by atoms with Gasteiger partial charge in [-0.1, -0.05) is 36.4 Å². The van der Waals surface area contributed by atoms with E-state index in [2.05, 4.69) is 5.10 Å². The van der Waals surface area contributed by atoms with Gasteiger partial charge < -0.3 is 9.47 Å². The monoisotopic (exact) mass is 298 g/mol. The molecule has 2 aromatic carbocycles. The molecule has 0 radical (unpaired) electrons. The van der Waals surface area contributed by atoms with Gasteiger partial charge in [-0.25, -0.2) is 5.10 Å². The summed E-state index contributed by atoms with van der Waals surface area (Å²) >= 11 is 0. The zero-order valence-electron chi connectivity index (χ0n) is 11.3. The second-order valence-corrected chi connectivity index (χ2v) is 4.33. The second-order valence-electron chi connectivity index (χ2n) is 4.33. The summed E-state index contributed by atoms with van der Waals surface area (Å²) in [6.07, 6.45) is 0. The second kappa shape index (κ2) is 6.09. The average molecular weight is 298 g/mol. The number of hydrogen-bond acceptors (Lipinski definition) is 4. The topological polar surface area (TPSA) is 64.2 Å². The summed E-state index contributed by atoms with van der Waals surface area (Å²) in [6.45, 7) is 0. The molecular formula is C16H11FN2O3. The largest absolute Gasteiger partial charge is 0.448 e. The first-order valence-corrected chi connectivity index (χ1v) is 6.48. The van der Waals surface area contributed by atoms with Gasteiger partial charge in [-0.15, -0.1) is 5.10 Å². The summed E-state index contributed by atoms with van der Waals surface area (Å²) in [5.74, 6) is -0.862. The fourth-order valence-electron chi connectivity index (χ4n) is 1.79. The lowest BCUT2D eigenvalue weighted by Crippen LogP contribution is -2.14. The molecule has 0 bridgehead atoms. The Morgan fingerprint density at radius 1 is 0.818 bits per heavy atom. The molecule has 0 saturated heterocycles. The molecule has 0 fully saturated rings. The number of nitrogens with one attached hydrogen (secondary N) is 1. The van der Waals surface area contributed by atoms with Crippen LogP contribution in [0.1, 0.15) is 0 Å². The summed E-state index contributed by atoms with van der Waals surface area (Å²) in [7, 11) is 0. The lowest BCUT2D eigenvalue weighted by atomic mass is 10.3. The van der Waals surface area contributed by atoms with Gasteiger partial charge in [0.2, 0.25) is 11.5 Å². The van der Waals surface area contributed by atoms with Crippen molar-refractivity contribution < 1.29 is 13.9 Å². The van der Waals surface area contributed by atoms with Gasteiger partial charge in [0.1, 0.15) is 11.5 Å². The van der Waals surface area contributed by atoms with Crippen molar-refractivity contribution in [2.24, 2.45) is 0 Å². The lowest BCUT2D eigenvalue weighted by molar-refractivity contribution is 0.374. The van der Waals surface area contributed by atoms with Crippen LogP contribution in [0.5, 0.6) is 23.0 Å². The van der Waals surface area contributed by atoms with Crippen LogP contribution in [0.15, 0.2) is 65.5 Å². The van der Waals surface area contributed by atoms with E-state index < -0.39 is 11.5 Å². The maximum absolute atomic E-state index is 13.9. The van der Waals surface area contributed by atoms with E-state index in [4.69, 9.17) is 9.47 Å². The highest BCUT2D eigenvalue weighted by Gasteiger charge is 2.19. The minimum Gasteiger partial charge on any atom is -0.448 e. The first-order chi connectivity index (χ1) is 10.7. The summed E-state index contributed by atoms with van der Waals surface area (Å²) in [5, 5.41) is 5.30. The van der Waals surface area contributed by atoms with Crippen molar-refractivity contribution in [3.8, 4) is 23.0 Å². The van der Waals surface area contributed by atoms with Crippen molar-refractivity contribution in [2.75, 3.05) is 0 Å². The van der Waals surface area contributed by atoms with Crippen molar-refractivity contribution in [2.45, 2.75) is 0 Å². The molecule has 5 nitrogen and oxygen atoms in total. The fourth-order valence-corrected chi connectivity index (χ4v) is 1.79. The number of aromatic nitrogens is 2. The Morgan fingerprint density at radius 2 is 1.32 bits per heavy atom. The molecule has 0 aliphatic carbocycles. The van der Waals surface area contributed by atoms with Gasteiger partial charge in [0.25, 0.3) is 5.95 Å². The van der Waals surface area contributed by atoms with E-state index in [0.717, 1.165) is 0 Å². The predicted octanol–water partition coefficient (Wildman–Crippen LogP) is 3.49. The molecule has 0 aliphatic heterocycles. The minimum atomic E-state index is -0.964. The highest BCUT2D eigenvalue weighted by Crippen LogP contribution is 2.32. The number of H-pyrrole nitrogens is 1. The SMILES string of the molecule is O=c1[nH]nc(F)c(Oc2ccccc2)c1Oc1ccccc1. The molecule has 6 heteroatoms. The van der Waals surface area contributed by atoms with Crippen LogP contribution < -0.4 is 15.0 Å². The van der Waals surface area contributed by atoms with Gasteiger partial charge in [0, 0.05) is 0 Å². The number of benzene rings is 2. The first-order valence-electron chi connectivity index (χ1n) is 6.48. The van der Waals surface area contributed by atoms with E-state index in [1.807, 2.05) is 5.10 Å². The molecule has 0 aliphatic rings. The molecule has 0 spiro atoms. The summed E-state index contributed by atoms with van der Waals surface area (Å²) in [5.41, 5.74) is -0.684. The van der Waals surface area contributed by atoms with Gasteiger partial charge in [-0.2, -0.15) is 4.39 Å². The van der Waals surface area contributed by atoms with Crippen molar-refractivity contribution in [1.29, 1.82) is 0 Å². The van der Waals surface area contributed by atoms with Crippen LogP contribution in [0.4, 0.5) is 4.39 Å². The van der Waals surface area contributed by atoms with Crippen LogP contribution in [-0.2, 0) is 0 Å². The molecule has 0 saturated carbocycles. The van der Waals surface area contributed by atoms with E-state index in [1.165, 1.54) is 0 Å². The third-order valence-corrected chi connectivity index (χ3v) is 2.78. The van der Waals surface area contributed by atoms with Gasteiger partial charge in [-0.05, 0) is 24.3 Å². The predicted molar refractivity (Wildman–Crippen MR) is 77.8 cm³/mol. The molecule has 3 aromatic rings. The first kappa shape index (κ1) is 13.8. The highest BCUT2D eigenvalue weighted by atomic mass is 19.1. The van der Waals surface area contributed by atoms with E-state index >= 15 is 0 Å². The van der Waals surface area contributed by atoms with E-state index in [9.17, 15) is 9.18 Å². The zero-order valence-corrected chi connectivity index (χ0v) is 11.3. The van der Waals surface area contributed by atoms with Gasteiger partial charge in [0.05, 0.1) is 0 Å². The Kier molecular flexibility index (Phi) is 3.82. The quantitative estimate of drug-likeness (QED) is 0.800. The van der Waals surface area contributed by atoms with Gasteiger partial charge in [0.15, 0.2) is 0 Å². The van der Waals surface area contributed by atoms with Crippen LogP contribution in [0, 0.1) is 5.95 Å². The third kappa shape index (κ3) is 2.95. The molecule has 3 rings (SSSR count). The maximum Gasteiger partial charge on any atom is 0.311 e. The molecular weight excluding hydrogens is 287 g/mol. The Morgan fingerprint density at radius 3 is 1.86 bits per heavy atom. The average Bonchev–Trinajstić information content (AvgIpc) is 2.56. The number of hydrogen-bond donors (Lipinski definition) is 1. The van der Waals surface area contributed by atoms with Gasteiger partial charge >= 0.3 is 5.56 Å². The maximum atomic E-state index is 13.9. The number of aromatic amines is 1. The smallest absolute Gasteiger partial charge is 0.311 e. The van der Waals surface area contributed by atoms with E-state index in [0.29, 0.717) is 11.5 Å². The molecule has 0 amide bonds. The van der Waals surface area contributed by atoms with Gasteiger partial charge in [-0.3, -0.25) is 4.79 Å². The third-order valence-electron chi connectivity index (χ3n) is 2.78. The Bertz CT molecular complexity index is 820. The number of halogens is 1. The molecule has 1 N–H and O–H groups in total. The standard InChI is InChI=1S/C16H11FN2O3/c17-15-13(21-11-7-3-1-4-8-11)14(16(20)19-18-15)22-12-9-5-2-6-10-12/h1-10H,(H,19,20). The zero-order chi connectivity index (χ0) is 15.4. The van der Waals surface area contributed by atoms with Crippen molar-refractivity contribution in [3.05, 3.63) is 77.0 Å². The Hall–Kier alpha value is -3.15. The van der Waals surface area contributed by atoms with Crippen molar-refractivity contribution in [3.63, 3.8) is 0 Å². The number of rotatable bonds is 4. The molecule has 1 heterocycles. The van der Waals surface area contributed by atoms with E-state index in [-0.39, 0.29) is 11.5 Å². The summed E-state index contributed by atoms with van der Waals surface area (Å²) in [6, 6.07) is 17.1. The molecule has 110 valence electrons. The van der Waals surface area contributed by atoms with Crippen LogP contribution in [0.2, 0.25) is 0 Å². The van der Waals surface area contributed by atoms with Crippen molar-refractivity contribution in [1.82, 2.24) is 10.2 Å². The van der Waals surface area contributed by atoms with Crippen LogP contribution in [0.3, 0.4) is 0 Å². The number of para-hydroxylation sites is 2. The highest BCUT2D eigenvalue weighted by molar-refractivity contribution is 5.42. The van der Waals surface area contributed by atoms with E-state index in [1.54, 1.807) is 60.7 Å². The molecule has 22 heavy (non-hydrogen) atoms. The summed E-state index contributed by atoms with van der Waals surface area (Å²) in [4.78, 5) is 11.9. The van der Waals surface area contributed by atoms with Crippen LogP contribution in [-0.4, -0.2) is 10.2 Å². The normalized spacial score (nSPS) is 10.2. The molecule has 0 unspecified atom stereocenters. The van der Waals surface area contributed by atoms with Crippen molar-refractivity contribution >= 4 is 0 Å². The number of ether oxygens (including phenoxy) is 2. The molecule has 0 atom stereocenters. The Balaban J connectivity index is 2.01. The fraction of sp³-hybridized carbons (Fsp3) is 0. The summed E-state index contributed by atoms with van der Waals surface area (Å²) < 4.78 is 24.8. The minimum absolute atomic E-state index is 0.289. The van der Waals surface area contributed by atoms with Crippen LogP contribution >= 0.6 is 0 Å². The number of nitrogens with zero attached hydrogens (tertiary/aromatic N) is 1. The lowest BCUT2D eigenvalue weighted by Gasteiger charge is -2.11. The molecule has 1 aromatic heterocycles. The Labute approximate surface area is 125 Å².